The van der Waals surface area contributed by atoms with Crippen molar-refractivity contribution in [2.75, 3.05) is 6.54 Å². The predicted octanol–water partition coefficient (Wildman–Crippen LogP) is 2.10. The van der Waals surface area contributed by atoms with E-state index in [0.717, 1.165) is 24.1 Å². The fraction of sp³-hybridized carbons (Fsp3) is 0.500. The van der Waals surface area contributed by atoms with Crippen LogP contribution in [0.25, 0.3) is 0 Å². The first-order valence-electron chi connectivity index (χ1n) is 6.72. The summed E-state index contributed by atoms with van der Waals surface area (Å²) in [5.74, 6) is 0. The molecule has 0 atom stereocenters. The van der Waals surface area contributed by atoms with E-state index < -0.39 is 4.92 Å². The van der Waals surface area contributed by atoms with E-state index in [9.17, 15) is 15.2 Å². The lowest BCUT2D eigenvalue weighted by atomic mass is 9.98. The smallest absolute Gasteiger partial charge is 0.277 e. The van der Waals surface area contributed by atoms with Gasteiger partial charge in [0, 0.05) is 24.4 Å². The maximum Gasteiger partial charge on any atom is 0.277 e. The summed E-state index contributed by atoms with van der Waals surface area (Å²) in [6.07, 6.45) is 1.65. The van der Waals surface area contributed by atoms with Gasteiger partial charge in [0.1, 0.15) is 0 Å². The van der Waals surface area contributed by atoms with Crippen LogP contribution in [-0.2, 0) is 13.0 Å². The van der Waals surface area contributed by atoms with Crippen molar-refractivity contribution in [3.05, 3.63) is 33.4 Å². The highest BCUT2D eigenvalue weighted by molar-refractivity contribution is 5.91. The van der Waals surface area contributed by atoms with Crippen LogP contribution >= 0.6 is 0 Å². The fourth-order valence-corrected chi connectivity index (χ4v) is 2.23. The largest absolute Gasteiger partial charge is 0.391 e. The molecular weight excluding hydrogens is 258 g/mol. The van der Waals surface area contributed by atoms with Gasteiger partial charge in [0.2, 0.25) is 0 Å². The number of hydrogen-bond donors (Lipinski definition) is 2. The van der Waals surface area contributed by atoms with Crippen molar-refractivity contribution in [3.63, 3.8) is 0 Å². The Bertz CT molecular complexity index is 553. The number of aryl methyl sites for hydroxylation is 1. The molecule has 0 bridgehead atoms. The maximum atomic E-state index is 11.0. The SMILES string of the molecule is CC(C)NCC1=Nc2cc([N+](=O)[O-])c(CO)cc2CC1. The first kappa shape index (κ1) is 14.6. The summed E-state index contributed by atoms with van der Waals surface area (Å²) in [6.45, 7) is 4.51. The molecule has 2 rings (SSSR count). The van der Waals surface area contributed by atoms with E-state index in [-0.39, 0.29) is 12.3 Å². The first-order valence-corrected chi connectivity index (χ1v) is 6.72. The van der Waals surface area contributed by atoms with Crippen LogP contribution in [0.2, 0.25) is 0 Å². The van der Waals surface area contributed by atoms with E-state index in [1.54, 1.807) is 6.07 Å². The molecule has 0 aliphatic carbocycles. The van der Waals surface area contributed by atoms with Crippen LogP contribution in [0, 0.1) is 10.1 Å². The maximum absolute atomic E-state index is 11.0. The number of nitrogens with zero attached hydrogens (tertiary/aromatic N) is 2. The Balaban J connectivity index is 2.31. The Morgan fingerprint density at radius 1 is 1.45 bits per heavy atom. The van der Waals surface area contributed by atoms with Gasteiger partial charge in [0.05, 0.1) is 22.8 Å². The summed E-state index contributed by atoms with van der Waals surface area (Å²) in [4.78, 5) is 15.0. The Hall–Kier alpha value is -1.79. The molecule has 6 nitrogen and oxygen atoms in total. The van der Waals surface area contributed by atoms with Gasteiger partial charge in [0.25, 0.3) is 5.69 Å². The highest BCUT2D eigenvalue weighted by Gasteiger charge is 2.20. The van der Waals surface area contributed by atoms with Crippen molar-refractivity contribution >= 4 is 17.1 Å². The lowest BCUT2D eigenvalue weighted by Gasteiger charge is -2.17. The highest BCUT2D eigenvalue weighted by Crippen LogP contribution is 2.33. The molecule has 20 heavy (non-hydrogen) atoms. The van der Waals surface area contributed by atoms with Crippen molar-refractivity contribution < 1.29 is 10.0 Å². The number of hydrogen-bond acceptors (Lipinski definition) is 5. The number of fused-ring (bicyclic) bond motifs is 1. The van der Waals surface area contributed by atoms with Gasteiger partial charge in [-0.2, -0.15) is 0 Å². The molecule has 0 saturated carbocycles. The molecule has 1 aromatic rings. The number of nitro benzene ring substituents is 1. The van der Waals surface area contributed by atoms with Gasteiger partial charge in [-0.3, -0.25) is 15.1 Å². The molecule has 0 radical (unpaired) electrons. The van der Waals surface area contributed by atoms with Gasteiger partial charge < -0.3 is 10.4 Å². The second kappa shape index (κ2) is 6.11. The third-order valence-electron chi connectivity index (χ3n) is 3.32. The molecule has 2 N–H and O–H groups in total. The Kier molecular flexibility index (Phi) is 4.46. The number of nitrogens with one attached hydrogen (secondary N) is 1. The minimum absolute atomic E-state index is 0.0620. The molecule has 0 amide bonds. The van der Waals surface area contributed by atoms with Gasteiger partial charge in [-0.25, -0.2) is 0 Å². The van der Waals surface area contributed by atoms with Gasteiger partial charge in [-0.1, -0.05) is 13.8 Å². The molecule has 0 aromatic heterocycles. The normalized spacial score (nSPS) is 14.1. The average Bonchev–Trinajstić information content (AvgIpc) is 2.43. The third-order valence-corrected chi connectivity index (χ3v) is 3.32. The third kappa shape index (κ3) is 3.20. The van der Waals surface area contributed by atoms with Crippen LogP contribution in [-0.4, -0.2) is 28.3 Å². The topological polar surface area (TPSA) is 87.8 Å². The van der Waals surface area contributed by atoms with Gasteiger partial charge >= 0.3 is 0 Å². The molecule has 0 fully saturated rings. The molecular formula is C14H19N3O3. The van der Waals surface area contributed by atoms with E-state index in [1.165, 1.54) is 6.07 Å². The quantitative estimate of drug-likeness (QED) is 0.637. The standard InChI is InChI=1S/C14H19N3O3/c1-9(2)15-7-12-4-3-10-5-11(8-18)14(17(19)20)6-13(10)16-12/h5-6,9,15,18H,3-4,7-8H2,1-2H3. The minimum atomic E-state index is -0.470. The second-order valence-electron chi connectivity index (χ2n) is 5.24. The van der Waals surface area contributed by atoms with Gasteiger partial charge in [-0.05, 0) is 24.5 Å². The number of aliphatic imine (C=N–C) groups is 1. The molecule has 108 valence electrons. The number of aliphatic hydroxyl groups is 1. The van der Waals surface area contributed by atoms with E-state index in [1.807, 2.05) is 0 Å². The molecule has 0 spiro atoms. The van der Waals surface area contributed by atoms with E-state index in [4.69, 9.17) is 0 Å². The van der Waals surface area contributed by atoms with Crippen molar-refractivity contribution in [1.82, 2.24) is 5.32 Å². The molecule has 1 aliphatic heterocycles. The molecule has 6 heteroatoms. The molecule has 0 unspecified atom stereocenters. The molecule has 1 heterocycles. The second-order valence-corrected chi connectivity index (χ2v) is 5.24. The average molecular weight is 277 g/mol. The van der Waals surface area contributed by atoms with Gasteiger partial charge in [-0.15, -0.1) is 0 Å². The number of benzene rings is 1. The molecule has 1 aliphatic rings. The monoisotopic (exact) mass is 277 g/mol. The van der Waals surface area contributed by atoms with E-state index in [2.05, 4.69) is 24.2 Å². The van der Waals surface area contributed by atoms with Crippen molar-refractivity contribution in [3.8, 4) is 0 Å². The van der Waals surface area contributed by atoms with Crippen molar-refractivity contribution in [2.24, 2.45) is 4.99 Å². The minimum Gasteiger partial charge on any atom is -0.391 e. The first-order chi connectivity index (χ1) is 9.51. The van der Waals surface area contributed by atoms with Crippen molar-refractivity contribution in [1.29, 1.82) is 0 Å². The zero-order valence-electron chi connectivity index (χ0n) is 11.7. The molecule has 1 aromatic carbocycles. The fourth-order valence-electron chi connectivity index (χ4n) is 2.23. The van der Waals surface area contributed by atoms with Crippen LogP contribution in [0.3, 0.4) is 0 Å². The van der Waals surface area contributed by atoms with Crippen LogP contribution in [0.4, 0.5) is 11.4 Å². The number of nitro groups is 1. The van der Waals surface area contributed by atoms with Crippen LogP contribution < -0.4 is 5.32 Å². The lowest BCUT2D eigenvalue weighted by Crippen LogP contribution is -2.30. The Morgan fingerprint density at radius 2 is 2.20 bits per heavy atom. The van der Waals surface area contributed by atoms with Crippen molar-refractivity contribution in [2.45, 2.75) is 39.3 Å². The lowest BCUT2D eigenvalue weighted by molar-refractivity contribution is -0.385. The van der Waals surface area contributed by atoms with Crippen LogP contribution in [0.15, 0.2) is 17.1 Å². The van der Waals surface area contributed by atoms with E-state index >= 15 is 0 Å². The van der Waals surface area contributed by atoms with E-state index in [0.29, 0.717) is 23.8 Å². The van der Waals surface area contributed by atoms with Crippen LogP contribution in [0.1, 0.15) is 31.4 Å². The Labute approximate surface area is 117 Å². The Morgan fingerprint density at radius 3 is 2.80 bits per heavy atom. The highest BCUT2D eigenvalue weighted by atomic mass is 16.6. The summed E-state index contributed by atoms with van der Waals surface area (Å²) >= 11 is 0. The zero-order valence-corrected chi connectivity index (χ0v) is 11.7. The molecule has 0 saturated heterocycles. The summed E-state index contributed by atoms with van der Waals surface area (Å²) in [5, 5.41) is 23.5. The number of rotatable bonds is 5. The predicted molar refractivity (Wildman–Crippen MR) is 77.6 cm³/mol. The summed E-state index contributed by atoms with van der Waals surface area (Å²) in [7, 11) is 0. The van der Waals surface area contributed by atoms with Crippen LogP contribution in [0.5, 0.6) is 0 Å². The summed E-state index contributed by atoms with van der Waals surface area (Å²) < 4.78 is 0. The number of aliphatic hydroxyl groups excluding tert-OH is 1. The zero-order chi connectivity index (χ0) is 14.7. The summed E-state index contributed by atoms with van der Waals surface area (Å²) in [5.41, 5.74) is 2.92. The van der Waals surface area contributed by atoms with Gasteiger partial charge in [0.15, 0.2) is 0 Å². The summed E-state index contributed by atoms with van der Waals surface area (Å²) in [6, 6.07) is 3.55.